The zero-order valence-electron chi connectivity index (χ0n) is 13.1. The van der Waals surface area contributed by atoms with Crippen molar-refractivity contribution in [1.29, 1.82) is 0 Å². The van der Waals surface area contributed by atoms with E-state index < -0.39 is 0 Å². The van der Waals surface area contributed by atoms with Crippen LogP contribution in [0, 0.1) is 17.8 Å². The Hall–Kier alpha value is -0.780. The Kier molecular flexibility index (Phi) is 4.81. The minimum Gasteiger partial charge on any atom is -0.0625 e. The lowest BCUT2D eigenvalue weighted by atomic mass is 9.72. The summed E-state index contributed by atoms with van der Waals surface area (Å²) in [4.78, 5) is 0. The topological polar surface area (TPSA) is 0 Å². The minimum absolute atomic E-state index is 0.846. The molecular formula is C20H30. The Balaban J connectivity index is 1.44. The van der Waals surface area contributed by atoms with Crippen molar-refractivity contribution in [2.75, 3.05) is 0 Å². The summed E-state index contributed by atoms with van der Waals surface area (Å²) < 4.78 is 0. The molecule has 0 heterocycles. The molecule has 0 heteroatoms. The van der Waals surface area contributed by atoms with Crippen molar-refractivity contribution in [1.82, 2.24) is 0 Å². The molecule has 0 nitrogen and oxygen atoms in total. The summed E-state index contributed by atoms with van der Waals surface area (Å²) in [6, 6.07) is 11.2. The molecular weight excluding hydrogens is 240 g/mol. The van der Waals surface area contributed by atoms with Crippen molar-refractivity contribution >= 4 is 0 Å². The summed E-state index contributed by atoms with van der Waals surface area (Å²) in [5.74, 6) is 3.94. The monoisotopic (exact) mass is 270 g/mol. The highest BCUT2D eigenvalue weighted by Gasteiger charge is 2.26. The van der Waals surface area contributed by atoms with Crippen LogP contribution in [0.1, 0.15) is 76.2 Å². The van der Waals surface area contributed by atoms with E-state index in [1.807, 2.05) is 0 Å². The van der Waals surface area contributed by atoms with Gasteiger partial charge in [0.15, 0.2) is 0 Å². The Labute approximate surface area is 125 Å². The van der Waals surface area contributed by atoms with Gasteiger partial charge in [0.2, 0.25) is 0 Å². The van der Waals surface area contributed by atoms with E-state index in [0.29, 0.717) is 0 Å². The third-order valence-electron chi connectivity index (χ3n) is 5.92. The number of hydrogen-bond donors (Lipinski definition) is 0. The highest BCUT2D eigenvalue weighted by atomic mass is 14.3. The van der Waals surface area contributed by atoms with E-state index in [9.17, 15) is 0 Å². The molecule has 0 saturated heterocycles. The van der Waals surface area contributed by atoms with Gasteiger partial charge in [-0.15, -0.1) is 0 Å². The molecule has 0 N–H and O–H groups in total. The standard InChI is InChI=1S/C20H30/c1-16-7-9-17(10-8-16)15-18-11-13-20(14-12-18)19-5-3-2-4-6-19/h2-6,16-18,20H,7-15H2,1H3. The molecule has 20 heavy (non-hydrogen) atoms. The van der Waals surface area contributed by atoms with Gasteiger partial charge in [-0.05, 0) is 61.3 Å². The molecule has 1 aromatic carbocycles. The quantitative estimate of drug-likeness (QED) is 0.615. The van der Waals surface area contributed by atoms with Gasteiger partial charge in [-0.3, -0.25) is 0 Å². The summed E-state index contributed by atoms with van der Waals surface area (Å²) >= 11 is 0. The maximum Gasteiger partial charge on any atom is -0.0162 e. The molecule has 110 valence electrons. The van der Waals surface area contributed by atoms with E-state index in [-0.39, 0.29) is 0 Å². The van der Waals surface area contributed by atoms with Crippen LogP contribution in [0.15, 0.2) is 30.3 Å². The highest BCUT2D eigenvalue weighted by Crippen LogP contribution is 2.41. The second kappa shape index (κ2) is 6.78. The van der Waals surface area contributed by atoms with Crippen LogP contribution in [-0.2, 0) is 0 Å². The summed E-state index contributed by atoms with van der Waals surface area (Å²) in [5, 5.41) is 0. The van der Waals surface area contributed by atoms with E-state index in [2.05, 4.69) is 37.3 Å². The van der Waals surface area contributed by atoms with Crippen molar-refractivity contribution in [3.8, 4) is 0 Å². The fourth-order valence-corrected chi connectivity index (χ4v) is 4.49. The number of hydrogen-bond acceptors (Lipinski definition) is 0. The van der Waals surface area contributed by atoms with Gasteiger partial charge in [0.1, 0.15) is 0 Å². The SMILES string of the molecule is CC1CCC(CC2CCC(c3ccccc3)CC2)CC1. The van der Waals surface area contributed by atoms with E-state index in [0.717, 1.165) is 23.7 Å². The Morgan fingerprint density at radius 1 is 0.750 bits per heavy atom. The lowest BCUT2D eigenvalue weighted by molar-refractivity contribution is 0.211. The Morgan fingerprint density at radius 2 is 1.30 bits per heavy atom. The highest BCUT2D eigenvalue weighted by molar-refractivity contribution is 5.19. The maximum atomic E-state index is 2.43. The van der Waals surface area contributed by atoms with Crippen LogP contribution in [0.25, 0.3) is 0 Å². The average Bonchev–Trinajstić information content (AvgIpc) is 2.51. The van der Waals surface area contributed by atoms with Gasteiger partial charge in [0, 0.05) is 0 Å². The Morgan fingerprint density at radius 3 is 1.90 bits per heavy atom. The molecule has 0 spiro atoms. The fourth-order valence-electron chi connectivity index (χ4n) is 4.49. The van der Waals surface area contributed by atoms with E-state index in [1.54, 1.807) is 5.56 Å². The molecule has 2 saturated carbocycles. The van der Waals surface area contributed by atoms with Gasteiger partial charge in [0.25, 0.3) is 0 Å². The zero-order chi connectivity index (χ0) is 13.8. The summed E-state index contributed by atoms with van der Waals surface area (Å²) in [5.41, 5.74) is 1.58. The van der Waals surface area contributed by atoms with Gasteiger partial charge in [-0.2, -0.15) is 0 Å². The lowest BCUT2D eigenvalue weighted by Crippen LogP contribution is -2.19. The van der Waals surface area contributed by atoms with Crippen molar-refractivity contribution in [3.05, 3.63) is 35.9 Å². The molecule has 0 unspecified atom stereocenters. The van der Waals surface area contributed by atoms with Crippen LogP contribution >= 0.6 is 0 Å². The van der Waals surface area contributed by atoms with Crippen LogP contribution in [0.4, 0.5) is 0 Å². The second-order valence-electron chi connectivity index (χ2n) is 7.49. The number of rotatable bonds is 3. The molecule has 1 aromatic rings. The maximum absolute atomic E-state index is 2.43. The molecule has 0 radical (unpaired) electrons. The van der Waals surface area contributed by atoms with Crippen molar-refractivity contribution < 1.29 is 0 Å². The molecule has 0 atom stereocenters. The van der Waals surface area contributed by atoms with Crippen molar-refractivity contribution in [2.45, 2.75) is 70.6 Å². The van der Waals surface area contributed by atoms with Crippen LogP contribution in [0.5, 0.6) is 0 Å². The third kappa shape index (κ3) is 3.65. The third-order valence-corrected chi connectivity index (χ3v) is 5.92. The molecule has 2 fully saturated rings. The largest absolute Gasteiger partial charge is 0.0625 e. The normalized spacial score (nSPS) is 34.9. The van der Waals surface area contributed by atoms with E-state index >= 15 is 0 Å². The predicted octanol–water partition coefficient (Wildman–Crippen LogP) is 6.18. The van der Waals surface area contributed by atoms with Crippen LogP contribution in [-0.4, -0.2) is 0 Å². The van der Waals surface area contributed by atoms with Gasteiger partial charge in [-0.25, -0.2) is 0 Å². The van der Waals surface area contributed by atoms with E-state index in [4.69, 9.17) is 0 Å². The average molecular weight is 270 g/mol. The van der Waals surface area contributed by atoms with Gasteiger partial charge < -0.3 is 0 Å². The molecule has 2 aliphatic rings. The number of benzene rings is 1. The minimum atomic E-state index is 0.846. The summed E-state index contributed by atoms with van der Waals surface area (Å²) in [7, 11) is 0. The summed E-state index contributed by atoms with van der Waals surface area (Å²) in [6.45, 7) is 2.43. The molecule has 0 aromatic heterocycles. The first-order chi connectivity index (χ1) is 9.81. The van der Waals surface area contributed by atoms with Gasteiger partial charge in [0.05, 0.1) is 0 Å². The van der Waals surface area contributed by atoms with Crippen molar-refractivity contribution in [3.63, 3.8) is 0 Å². The first kappa shape index (κ1) is 14.2. The molecule has 2 aliphatic carbocycles. The fraction of sp³-hybridized carbons (Fsp3) is 0.700. The van der Waals surface area contributed by atoms with Crippen LogP contribution < -0.4 is 0 Å². The van der Waals surface area contributed by atoms with Crippen LogP contribution in [0.2, 0.25) is 0 Å². The first-order valence-corrected chi connectivity index (χ1v) is 8.86. The zero-order valence-corrected chi connectivity index (χ0v) is 13.1. The van der Waals surface area contributed by atoms with Gasteiger partial charge in [-0.1, -0.05) is 62.9 Å². The molecule has 3 rings (SSSR count). The van der Waals surface area contributed by atoms with E-state index in [1.165, 1.54) is 57.8 Å². The first-order valence-electron chi connectivity index (χ1n) is 8.86. The molecule has 0 bridgehead atoms. The van der Waals surface area contributed by atoms with Gasteiger partial charge >= 0.3 is 0 Å². The second-order valence-corrected chi connectivity index (χ2v) is 7.49. The smallest absolute Gasteiger partial charge is 0.0162 e. The molecule has 0 amide bonds. The van der Waals surface area contributed by atoms with Crippen molar-refractivity contribution in [2.24, 2.45) is 17.8 Å². The lowest BCUT2D eigenvalue weighted by Gasteiger charge is -2.33. The molecule has 0 aliphatic heterocycles. The van der Waals surface area contributed by atoms with Crippen LogP contribution in [0.3, 0.4) is 0 Å². The predicted molar refractivity (Wildman–Crippen MR) is 86.9 cm³/mol. The summed E-state index contributed by atoms with van der Waals surface area (Å²) in [6.07, 6.45) is 13.4. The Bertz CT molecular complexity index is 378.